The largest absolute Gasteiger partial charge is 0.490 e. The van der Waals surface area contributed by atoms with Crippen LogP contribution in [0, 0.1) is 0 Å². The molecule has 0 spiro atoms. The Kier molecular flexibility index (Phi) is 2.94. The second kappa shape index (κ2) is 4.96. The second-order valence-electron chi connectivity index (χ2n) is 5.21. The van der Waals surface area contributed by atoms with Crippen molar-refractivity contribution < 1.29 is 14.6 Å². The highest BCUT2D eigenvalue weighted by molar-refractivity contribution is 6.20. The van der Waals surface area contributed by atoms with Gasteiger partial charge in [0.1, 0.15) is 12.4 Å². The van der Waals surface area contributed by atoms with Gasteiger partial charge in [-0.3, -0.25) is 4.79 Å². The first-order valence-corrected chi connectivity index (χ1v) is 7.14. The molecule has 2 aromatic rings. The average molecular weight is 294 g/mol. The Morgan fingerprint density at radius 3 is 2.77 bits per heavy atom. The van der Waals surface area contributed by atoms with E-state index in [1.165, 1.54) is 0 Å². The normalized spacial score (nSPS) is 19.9. The van der Waals surface area contributed by atoms with Crippen molar-refractivity contribution in [1.29, 1.82) is 0 Å². The molecule has 5 nitrogen and oxygen atoms in total. The summed E-state index contributed by atoms with van der Waals surface area (Å²) in [4.78, 5) is 18.2. The molecular formula is C17H14N2O3. The van der Waals surface area contributed by atoms with Crippen LogP contribution in [-0.4, -0.2) is 36.1 Å². The number of carbonyl (C=O) groups excluding carboxylic acids is 1. The Labute approximate surface area is 127 Å². The fourth-order valence-electron chi connectivity index (χ4n) is 2.90. The van der Waals surface area contributed by atoms with Crippen molar-refractivity contribution in [1.82, 2.24) is 0 Å². The van der Waals surface area contributed by atoms with Crippen molar-refractivity contribution in [3.8, 4) is 5.75 Å². The van der Waals surface area contributed by atoms with E-state index in [4.69, 9.17) is 4.74 Å². The van der Waals surface area contributed by atoms with Gasteiger partial charge < -0.3 is 14.7 Å². The smallest absolute Gasteiger partial charge is 0.279 e. The molecule has 1 amide bonds. The number of hydrogen-bond donors (Lipinski definition) is 1. The molecule has 22 heavy (non-hydrogen) atoms. The van der Waals surface area contributed by atoms with Crippen molar-refractivity contribution in [3.05, 3.63) is 59.7 Å². The molecule has 1 atom stereocenters. The topological polar surface area (TPSA) is 62.1 Å². The number of hydrogen-bond acceptors (Lipinski definition) is 4. The predicted octanol–water partition coefficient (Wildman–Crippen LogP) is 1.58. The van der Waals surface area contributed by atoms with Crippen LogP contribution >= 0.6 is 0 Å². The Morgan fingerprint density at radius 2 is 1.95 bits per heavy atom. The van der Waals surface area contributed by atoms with E-state index in [2.05, 4.69) is 4.99 Å². The minimum absolute atomic E-state index is 0.412. The van der Waals surface area contributed by atoms with E-state index in [0.717, 1.165) is 11.1 Å². The number of carbonyl (C=O) groups is 1. The highest BCUT2D eigenvalue weighted by Crippen LogP contribution is 2.38. The first kappa shape index (κ1) is 13.0. The maximum Gasteiger partial charge on any atom is 0.279 e. The number of aliphatic imine (C=N–C) groups is 1. The molecule has 0 aliphatic carbocycles. The van der Waals surface area contributed by atoms with Crippen LogP contribution in [0.3, 0.4) is 0 Å². The zero-order valence-corrected chi connectivity index (χ0v) is 11.8. The van der Waals surface area contributed by atoms with Crippen LogP contribution in [0.2, 0.25) is 0 Å². The number of benzene rings is 2. The van der Waals surface area contributed by atoms with Crippen molar-refractivity contribution >= 4 is 17.3 Å². The molecule has 5 heteroatoms. The molecule has 2 heterocycles. The van der Waals surface area contributed by atoms with Gasteiger partial charge in [-0.1, -0.05) is 42.5 Å². The van der Waals surface area contributed by atoms with E-state index >= 15 is 0 Å². The van der Waals surface area contributed by atoms with Gasteiger partial charge in [-0.2, -0.15) is 0 Å². The monoisotopic (exact) mass is 294 g/mol. The number of amides is 1. The summed E-state index contributed by atoms with van der Waals surface area (Å²) >= 11 is 0. The van der Waals surface area contributed by atoms with Crippen LogP contribution < -0.4 is 9.64 Å². The first-order valence-electron chi connectivity index (χ1n) is 7.14. The van der Waals surface area contributed by atoms with Gasteiger partial charge in [0.05, 0.1) is 17.9 Å². The van der Waals surface area contributed by atoms with E-state index in [1.54, 1.807) is 4.90 Å². The van der Waals surface area contributed by atoms with Crippen LogP contribution in [0.5, 0.6) is 5.75 Å². The molecule has 0 aromatic heterocycles. The summed E-state index contributed by atoms with van der Waals surface area (Å²) in [7, 11) is 0. The van der Waals surface area contributed by atoms with Crippen LogP contribution in [0.4, 0.5) is 5.69 Å². The lowest BCUT2D eigenvalue weighted by Crippen LogP contribution is -2.42. The average Bonchev–Trinajstić information content (AvgIpc) is 2.68. The fourth-order valence-corrected chi connectivity index (χ4v) is 2.90. The standard InChI is InChI=1S/C17H14N2O3/c20-16-17(21)19-9-10-22-13-8-4-7-12(15(13)19)14(18-16)11-5-2-1-3-6-11/h1-8,16,20H,9-10H2. The Morgan fingerprint density at radius 1 is 1.14 bits per heavy atom. The summed E-state index contributed by atoms with van der Waals surface area (Å²) in [5, 5.41) is 10.2. The van der Waals surface area contributed by atoms with E-state index in [-0.39, 0.29) is 0 Å². The third-order valence-electron chi connectivity index (χ3n) is 3.88. The lowest BCUT2D eigenvalue weighted by molar-refractivity contribution is -0.126. The maximum atomic E-state index is 12.4. The third-order valence-corrected chi connectivity index (χ3v) is 3.88. The lowest BCUT2D eigenvalue weighted by atomic mass is 9.99. The van der Waals surface area contributed by atoms with Gasteiger partial charge in [-0.25, -0.2) is 4.99 Å². The molecule has 0 bridgehead atoms. The van der Waals surface area contributed by atoms with Gasteiger partial charge in [0.2, 0.25) is 6.23 Å². The van der Waals surface area contributed by atoms with Crippen molar-refractivity contribution in [2.45, 2.75) is 6.23 Å². The summed E-state index contributed by atoms with van der Waals surface area (Å²) in [6.07, 6.45) is -1.39. The zero-order valence-electron chi connectivity index (χ0n) is 11.8. The number of aliphatic hydroxyl groups is 1. The number of ether oxygens (including phenoxy) is 1. The molecular weight excluding hydrogens is 280 g/mol. The maximum absolute atomic E-state index is 12.4. The van der Waals surface area contributed by atoms with Gasteiger partial charge in [0.25, 0.3) is 5.91 Å². The minimum atomic E-state index is -1.39. The molecule has 4 rings (SSSR count). The highest BCUT2D eigenvalue weighted by Gasteiger charge is 2.34. The molecule has 1 N–H and O–H groups in total. The SMILES string of the molecule is O=C1C(O)N=C(c2ccccc2)c2cccc3c2N1CCO3. The molecule has 2 aliphatic rings. The summed E-state index contributed by atoms with van der Waals surface area (Å²) in [6.45, 7) is 0.826. The van der Waals surface area contributed by atoms with Gasteiger partial charge in [0.15, 0.2) is 0 Å². The van der Waals surface area contributed by atoms with Gasteiger partial charge in [0, 0.05) is 11.1 Å². The quantitative estimate of drug-likeness (QED) is 0.868. The Hall–Kier alpha value is -2.66. The van der Waals surface area contributed by atoms with E-state index in [0.29, 0.717) is 30.3 Å². The molecule has 2 aromatic carbocycles. The number of para-hydroxylation sites is 1. The van der Waals surface area contributed by atoms with Crippen LogP contribution in [0.25, 0.3) is 0 Å². The van der Waals surface area contributed by atoms with Crippen molar-refractivity contribution in [2.75, 3.05) is 18.1 Å². The minimum Gasteiger partial charge on any atom is -0.490 e. The lowest BCUT2D eigenvalue weighted by Gasteiger charge is -2.30. The molecule has 0 saturated carbocycles. The van der Waals surface area contributed by atoms with Crippen LogP contribution in [-0.2, 0) is 4.79 Å². The molecule has 0 radical (unpaired) electrons. The predicted molar refractivity (Wildman–Crippen MR) is 82.4 cm³/mol. The van der Waals surface area contributed by atoms with Gasteiger partial charge in [-0.05, 0) is 6.07 Å². The first-order chi connectivity index (χ1) is 10.8. The molecule has 0 saturated heterocycles. The van der Waals surface area contributed by atoms with Crippen molar-refractivity contribution in [2.24, 2.45) is 4.99 Å². The summed E-state index contributed by atoms with van der Waals surface area (Å²) in [5.74, 6) is 0.234. The van der Waals surface area contributed by atoms with E-state index in [9.17, 15) is 9.90 Å². The molecule has 1 unspecified atom stereocenters. The number of nitrogens with zero attached hydrogens (tertiary/aromatic N) is 2. The van der Waals surface area contributed by atoms with E-state index < -0.39 is 12.1 Å². The van der Waals surface area contributed by atoms with Gasteiger partial charge in [-0.15, -0.1) is 0 Å². The Bertz CT molecular complexity index is 771. The summed E-state index contributed by atoms with van der Waals surface area (Å²) in [5.41, 5.74) is 2.95. The Balaban J connectivity index is 1.99. The number of anilines is 1. The second-order valence-corrected chi connectivity index (χ2v) is 5.21. The van der Waals surface area contributed by atoms with Crippen molar-refractivity contribution in [3.63, 3.8) is 0 Å². The highest BCUT2D eigenvalue weighted by atomic mass is 16.5. The molecule has 110 valence electrons. The molecule has 2 aliphatic heterocycles. The molecule has 0 fully saturated rings. The fraction of sp³-hybridized carbons (Fsp3) is 0.176. The summed E-state index contributed by atoms with van der Waals surface area (Å²) < 4.78 is 5.66. The summed E-state index contributed by atoms with van der Waals surface area (Å²) in [6, 6.07) is 15.2. The zero-order chi connectivity index (χ0) is 15.1. The van der Waals surface area contributed by atoms with E-state index in [1.807, 2.05) is 48.5 Å². The number of rotatable bonds is 1. The number of aliphatic hydroxyl groups excluding tert-OH is 1. The third kappa shape index (κ3) is 1.90. The van der Waals surface area contributed by atoms with Gasteiger partial charge >= 0.3 is 0 Å². The van der Waals surface area contributed by atoms with Crippen LogP contribution in [0.1, 0.15) is 11.1 Å². The van der Waals surface area contributed by atoms with Crippen LogP contribution in [0.15, 0.2) is 53.5 Å².